The zero-order chi connectivity index (χ0) is 17.8. The van der Waals surface area contributed by atoms with E-state index in [1.165, 1.54) is 5.56 Å². The molecule has 3 heterocycles. The second-order valence-corrected chi connectivity index (χ2v) is 6.79. The highest BCUT2D eigenvalue weighted by molar-refractivity contribution is 7.98. The molecule has 0 unspecified atom stereocenters. The first-order valence-electron chi connectivity index (χ1n) is 8.22. The van der Waals surface area contributed by atoms with Crippen LogP contribution in [-0.2, 0) is 12.3 Å². The summed E-state index contributed by atoms with van der Waals surface area (Å²) in [5.74, 6) is 2.28. The predicted molar refractivity (Wildman–Crippen MR) is 99.6 cm³/mol. The van der Waals surface area contributed by atoms with E-state index in [0.29, 0.717) is 12.3 Å². The molecule has 4 rings (SSSR count). The summed E-state index contributed by atoms with van der Waals surface area (Å²) < 4.78 is 7.41. The summed E-state index contributed by atoms with van der Waals surface area (Å²) >= 11 is 1.58. The second-order valence-electron chi connectivity index (χ2n) is 5.84. The van der Waals surface area contributed by atoms with E-state index in [0.717, 1.165) is 28.0 Å². The van der Waals surface area contributed by atoms with Gasteiger partial charge >= 0.3 is 0 Å². The molecule has 4 aromatic rings. The maximum absolute atomic E-state index is 5.30. The molecule has 130 valence electrons. The van der Waals surface area contributed by atoms with Gasteiger partial charge < -0.3 is 4.52 Å². The number of pyridine rings is 1. The molecule has 0 saturated heterocycles. The first kappa shape index (κ1) is 16.5. The Bertz CT molecular complexity index is 982. The van der Waals surface area contributed by atoms with Crippen molar-refractivity contribution in [2.45, 2.75) is 24.4 Å². The molecule has 1 aromatic carbocycles. The maximum Gasteiger partial charge on any atom is 0.192 e. The first-order chi connectivity index (χ1) is 12.8. The quantitative estimate of drug-likeness (QED) is 0.483. The zero-order valence-corrected chi connectivity index (χ0v) is 15.1. The Hall–Kier alpha value is -2.93. The lowest BCUT2D eigenvalue weighted by Crippen LogP contribution is -2.04. The van der Waals surface area contributed by atoms with Gasteiger partial charge in [-0.2, -0.15) is 0 Å². The Balaban J connectivity index is 1.65. The molecule has 3 aromatic heterocycles. The minimum absolute atomic E-state index is 0.654. The van der Waals surface area contributed by atoms with Crippen LogP contribution < -0.4 is 0 Å². The van der Waals surface area contributed by atoms with Crippen molar-refractivity contribution >= 4 is 11.8 Å². The monoisotopic (exact) mass is 363 g/mol. The van der Waals surface area contributed by atoms with Gasteiger partial charge in [-0.3, -0.25) is 9.55 Å². The van der Waals surface area contributed by atoms with E-state index in [9.17, 15) is 0 Å². The molecule has 0 atom stereocenters. The standard InChI is InChI=1S/C19H17N5OS/c1-14-10-17(25-23-14)13-26-19-22-21-18(16-8-5-9-20-11-16)24(19)12-15-6-3-2-4-7-15/h2-11H,12-13H2,1H3. The minimum Gasteiger partial charge on any atom is -0.360 e. The number of thioether (sulfide) groups is 1. The first-order valence-corrected chi connectivity index (χ1v) is 9.20. The van der Waals surface area contributed by atoms with Gasteiger partial charge in [-0.25, -0.2) is 0 Å². The lowest BCUT2D eigenvalue weighted by molar-refractivity contribution is 0.391. The van der Waals surface area contributed by atoms with Gasteiger partial charge in [0.2, 0.25) is 0 Å². The largest absolute Gasteiger partial charge is 0.360 e. The molecule has 0 aliphatic heterocycles. The minimum atomic E-state index is 0.654. The summed E-state index contributed by atoms with van der Waals surface area (Å²) in [5, 5.41) is 13.6. The van der Waals surface area contributed by atoms with E-state index in [2.05, 4.69) is 37.0 Å². The van der Waals surface area contributed by atoms with Crippen LogP contribution >= 0.6 is 11.8 Å². The highest BCUT2D eigenvalue weighted by atomic mass is 32.2. The lowest BCUT2D eigenvalue weighted by Gasteiger charge is -2.10. The van der Waals surface area contributed by atoms with Crippen LogP contribution in [-0.4, -0.2) is 24.9 Å². The van der Waals surface area contributed by atoms with E-state index < -0.39 is 0 Å². The summed E-state index contributed by atoms with van der Waals surface area (Å²) in [4.78, 5) is 4.20. The highest BCUT2D eigenvalue weighted by Gasteiger charge is 2.16. The molecule has 0 radical (unpaired) electrons. The Morgan fingerprint density at radius 1 is 1.08 bits per heavy atom. The van der Waals surface area contributed by atoms with E-state index >= 15 is 0 Å². The van der Waals surface area contributed by atoms with Crippen LogP contribution in [0.5, 0.6) is 0 Å². The fourth-order valence-electron chi connectivity index (χ4n) is 2.63. The smallest absolute Gasteiger partial charge is 0.192 e. The Morgan fingerprint density at radius 3 is 2.69 bits per heavy atom. The van der Waals surface area contributed by atoms with Crippen molar-refractivity contribution < 1.29 is 4.52 Å². The molecular weight excluding hydrogens is 346 g/mol. The number of nitrogens with zero attached hydrogens (tertiary/aromatic N) is 5. The van der Waals surface area contributed by atoms with Gasteiger partial charge in [0.15, 0.2) is 11.0 Å². The van der Waals surface area contributed by atoms with E-state index in [1.54, 1.807) is 24.2 Å². The normalized spacial score (nSPS) is 11.0. The second kappa shape index (κ2) is 7.53. The average molecular weight is 363 g/mol. The van der Waals surface area contributed by atoms with Gasteiger partial charge in [-0.1, -0.05) is 47.3 Å². The topological polar surface area (TPSA) is 69.6 Å². The summed E-state index contributed by atoms with van der Waals surface area (Å²) in [6.07, 6.45) is 3.56. The van der Waals surface area contributed by atoms with Gasteiger partial charge in [-0.05, 0) is 24.6 Å². The molecule has 0 saturated carbocycles. The van der Waals surface area contributed by atoms with Gasteiger partial charge in [-0.15, -0.1) is 10.2 Å². The summed E-state index contributed by atoms with van der Waals surface area (Å²) in [7, 11) is 0. The zero-order valence-electron chi connectivity index (χ0n) is 14.2. The third kappa shape index (κ3) is 3.67. The van der Waals surface area contributed by atoms with E-state index in [-0.39, 0.29) is 0 Å². The van der Waals surface area contributed by atoms with Crippen molar-refractivity contribution in [1.82, 2.24) is 24.9 Å². The molecule has 26 heavy (non-hydrogen) atoms. The van der Waals surface area contributed by atoms with Gasteiger partial charge in [0, 0.05) is 24.0 Å². The van der Waals surface area contributed by atoms with Crippen LogP contribution in [0.15, 0.2) is 70.6 Å². The van der Waals surface area contributed by atoms with E-state index in [1.807, 2.05) is 43.3 Å². The van der Waals surface area contributed by atoms with Crippen molar-refractivity contribution in [1.29, 1.82) is 0 Å². The van der Waals surface area contributed by atoms with Gasteiger partial charge in [0.25, 0.3) is 0 Å². The van der Waals surface area contributed by atoms with Gasteiger partial charge in [0.05, 0.1) is 18.0 Å². The molecule has 0 amide bonds. The molecule has 0 fully saturated rings. The summed E-state index contributed by atoms with van der Waals surface area (Å²) in [6.45, 7) is 2.60. The summed E-state index contributed by atoms with van der Waals surface area (Å²) in [5.41, 5.74) is 3.01. The molecule has 0 spiro atoms. The summed E-state index contributed by atoms with van der Waals surface area (Å²) in [6, 6.07) is 16.1. The maximum atomic E-state index is 5.30. The SMILES string of the molecule is Cc1cc(CSc2nnc(-c3cccnc3)n2Cc2ccccc2)on1. The van der Waals surface area contributed by atoms with E-state index in [4.69, 9.17) is 4.52 Å². The highest BCUT2D eigenvalue weighted by Crippen LogP contribution is 2.27. The molecule has 6 nitrogen and oxygen atoms in total. The van der Waals surface area contributed by atoms with Crippen molar-refractivity contribution in [3.63, 3.8) is 0 Å². The number of aromatic nitrogens is 5. The number of rotatable bonds is 6. The van der Waals surface area contributed by atoms with Crippen molar-refractivity contribution in [2.24, 2.45) is 0 Å². The molecule has 7 heteroatoms. The fraction of sp³-hybridized carbons (Fsp3) is 0.158. The van der Waals surface area contributed by atoms with Crippen LogP contribution in [0.2, 0.25) is 0 Å². The number of aryl methyl sites for hydroxylation is 1. The number of hydrogen-bond donors (Lipinski definition) is 0. The molecule has 0 bridgehead atoms. The third-order valence-electron chi connectivity index (χ3n) is 3.84. The molecular formula is C19H17N5OS. The van der Waals surface area contributed by atoms with Crippen LogP contribution in [0.4, 0.5) is 0 Å². The van der Waals surface area contributed by atoms with Gasteiger partial charge in [0.1, 0.15) is 5.76 Å². The predicted octanol–water partition coefficient (Wildman–Crippen LogP) is 3.98. The van der Waals surface area contributed by atoms with Crippen LogP contribution in [0.3, 0.4) is 0 Å². The molecule has 0 aliphatic carbocycles. The van der Waals surface area contributed by atoms with Crippen LogP contribution in [0.25, 0.3) is 11.4 Å². The fourth-order valence-corrected chi connectivity index (χ4v) is 3.45. The third-order valence-corrected chi connectivity index (χ3v) is 4.83. The Labute approximate surface area is 155 Å². The lowest BCUT2D eigenvalue weighted by atomic mass is 10.2. The van der Waals surface area contributed by atoms with Crippen LogP contribution in [0.1, 0.15) is 17.0 Å². The van der Waals surface area contributed by atoms with Crippen molar-refractivity contribution in [3.05, 3.63) is 77.9 Å². The Kier molecular flexibility index (Phi) is 4.79. The Morgan fingerprint density at radius 2 is 1.96 bits per heavy atom. The molecule has 0 aliphatic rings. The number of hydrogen-bond acceptors (Lipinski definition) is 6. The number of benzene rings is 1. The van der Waals surface area contributed by atoms with Crippen molar-refractivity contribution in [2.75, 3.05) is 0 Å². The molecule has 0 N–H and O–H groups in total. The van der Waals surface area contributed by atoms with Crippen LogP contribution in [0, 0.1) is 6.92 Å². The average Bonchev–Trinajstić information content (AvgIpc) is 3.28. The van der Waals surface area contributed by atoms with Crippen molar-refractivity contribution in [3.8, 4) is 11.4 Å².